The van der Waals surface area contributed by atoms with Gasteiger partial charge in [0, 0.05) is 38.2 Å². The van der Waals surface area contributed by atoms with Gasteiger partial charge in [-0.15, -0.1) is 10.2 Å². The lowest BCUT2D eigenvalue weighted by Crippen LogP contribution is -2.42. The number of fused-ring (bicyclic) bond motifs is 1. The molecule has 1 saturated heterocycles. The van der Waals surface area contributed by atoms with Crippen LogP contribution in [0.4, 0.5) is 5.82 Å². The van der Waals surface area contributed by atoms with Crippen molar-refractivity contribution >= 4 is 11.7 Å². The molecule has 2 aromatic heterocycles. The Bertz CT molecular complexity index is 822. The molecule has 2 aromatic rings. The van der Waals surface area contributed by atoms with Crippen molar-refractivity contribution in [3.8, 4) is 0 Å². The van der Waals surface area contributed by atoms with Gasteiger partial charge in [-0.1, -0.05) is 19.4 Å². The fourth-order valence-electron chi connectivity index (χ4n) is 4.42. The normalized spacial score (nSPS) is 18.8. The number of rotatable bonds is 5. The highest BCUT2D eigenvalue weighted by molar-refractivity contribution is 5.79. The first-order valence-electron chi connectivity index (χ1n) is 11.1. The molecule has 1 atom stereocenters. The van der Waals surface area contributed by atoms with Gasteiger partial charge in [-0.3, -0.25) is 4.79 Å². The minimum Gasteiger partial charge on any atom is -0.357 e. The van der Waals surface area contributed by atoms with Gasteiger partial charge in [-0.05, 0) is 50.7 Å². The van der Waals surface area contributed by atoms with Gasteiger partial charge in [-0.25, -0.2) is 4.98 Å². The summed E-state index contributed by atoms with van der Waals surface area (Å²) in [5, 5.41) is 12.1. The van der Waals surface area contributed by atoms with Crippen LogP contribution in [-0.2, 0) is 17.8 Å². The Morgan fingerprint density at radius 1 is 1.17 bits per heavy atom. The Labute approximate surface area is 172 Å². The SMILES string of the molecule is CCC(NC(=O)C1CCN(c2ccc(C)cn2)CC1)c1nnc2n1CCCCC2. The van der Waals surface area contributed by atoms with E-state index >= 15 is 0 Å². The summed E-state index contributed by atoms with van der Waals surface area (Å²) in [4.78, 5) is 19.8. The van der Waals surface area contributed by atoms with E-state index in [0.29, 0.717) is 0 Å². The zero-order valence-electron chi connectivity index (χ0n) is 17.6. The zero-order valence-corrected chi connectivity index (χ0v) is 17.6. The number of nitrogens with zero attached hydrogens (tertiary/aromatic N) is 5. The standard InChI is InChI=1S/C22H32N6O/c1-3-18(21-26-25-20-7-5-4-6-12-28(20)21)24-22(29)17-10-13-27(14-11-17)19-9-8-16(2)15-23-19/h8-9,15,17-18H,3-7,10-14H2,1-2H3,(H,24,29). The molecule has 1 fully saturated rings. The number of aromatic nitrogens is 4. The third-order valence-corrected chi connectivity index (χ3v) is 6.26. The number of aryl methyl sites for hydroxylation is 2. The Kier molecular flexibility index (Phi) is 6.11. The van der Waals surface area contributed by atoms with Crippen LogP contribution in [0, 0.1) is 12.8 Å². The fraction of sp³-hybridized carbons (Fsp3) is 0.636. The van der Waals surface area contributed by atoms with Crippen molar-refractivity contribution in [1.82, 2.24) is 25.1 Å². The molecule has 4 rings (SSSR count). The Hall–Kier alpha value is -2.44. The van der Waals surface area contributed by atoms with Crippen LogP contribution in [0.3, 0.4) is 0 Å². The summed E-state index contributed by atoms with van der Waals surface area (Å²) < 4.78 is 2.24. The van der Waals surface area contributed by atoms with E-state index in [1.54, 1.807) is 0 Å². The maximum Gasteiger partial charge on any atom is 0.223 e. The molecule has 7 heteroatoms. The molecule has 2 aliphatic rings. The van der Waals surface area contributed by atoms with Crippen molar-refractivity contribution in [2.75, 3.05) is 18.0 Å². The summed E-state index contributed by atoms with van der Waals surface area (Å²) in [7, 11) is 0. The van der Waals surface area contributed by atoms with Crippen LogP contribution in [0.15, 0.2) is 18.3 Å². The molecule has 1 unspecified atom stereocenters. The number of piperidine rings is 1. The number of amides is 1. The van der Waals surface area contributed by atoms with E-state index in [1.165, 1.54) is 18.4 Å². The van der Waals surface area contributed by atoms with Crippen molar-refractivity contribution in [1.29, 1.82) is 0 Å². The molecule has 0 aromatic carbocycles. The summed E-state index contributed by atoms with van der Waals surface area (Å²) in [5.74, 6) is 3.21. The Morgan fingerprint density at radius 2 is 2.00 bits per heavy atom. The molecule has 0 saturated carbocycles. The van der Waals surface area contributed by atoms with Crippen molar-refractivity contribution < 1.29 is 4.79 Å². The molecule has 0 aliphatic carbocycles. The van der Waals surface area contributed by atoms with E-state index in [2.05, 4.69) is 49.0 Å². The highest BCUT2D eigenvalue weighted by Gasteiger charge is 2.29. The summed E-state index contributed by atoms with van der Waals surface area (Å²) in [6.07, 6.45) is 9.01. The third-order valence-electron chi connectivity index (χ3n) is 6.26. The number of carbonyl (C=O) groups is 1. The molecule has 2 aliphatic heterocycles. The second kappa shape index (κ2) is 8.93. The molecule has 29 heavy (non-hydrogen) atoms. The third kappa shape index (κ3) is 4.43. The lowest BCUT2D eigenvalue weighted by Gasteiger charge is -2.32. The van der Waals surface area contributed by atoms with E-state index in [9.17, 15) is 4.79 Å². The van der Waals surface area contributed by atoms with Crippen LogP contribution >= 0.6 is 0 Å². The van der Waals surface area contributed by atoms with Gasteiger partial charge in [0.2, 0.25) is 5.91 Å². The summed E-state index contributed by atoms with van der Waals surface area (Å²) in [6.45, 7) is 6.85. The van der Waals surface area contributed by atoms with Crippen LogP contribution < -0.4 is 10.2 Å². The van der Waals surface area contributed by atoms with Crippen LogP contribution in [0.2, 0.25) is 0 Å². The monoisotopic (exact) mass is 396 g/mol. The van der Waals surface area contributed by atoms with E-state index in [0.717, 1.165) is 69.2 Å². The molecular weight excluding hydrogens is 364 g/mol. The van der Waals surface area contributed by atoms with Gasteiger partial charge in [0.15, 0.2) is 5.82 Å². The Balaban J connectivity index is 1.36. The molecule has 0 spiro atoms. The summed E-state index contributed by atoms with van der Waals surface area (Å²) in [5.41, 5.74) is 1.17. The zero-order chi connectivity index (χ0) is 20.2. The van der Waals surface area contributed by atoms with Gasteiger partial charge >= 0.3 is 0 Å². The highest BCUT2D eigenvalue weighted by atomic mass is 16.2. The predicted molar refractivity (Wildman–Crippen MR) is 113 cm³/mol. The van der Waals surface area contributed by atoms with Crippen LogP contribution in [0.25, 0.3) is 0 Å². The molecule has 1 amide bonds. The van der Waals surface area contributed by atoms with Gasteiger partial charge in [0.25, 0.3) is 0 Å². The smallest absolute Gasteiger partial charge is 0.223 e. The van der Waals surface area contributed by atoms with Crippen LogP contribution in [0.1, 0.15) is 68.7 Å². The van der Waals surface area contributed by atoms with Gasteiger partial charge < -0.3 is 14.8 Å². The van der Waals surface area contributed by atoms with Crippen LogP contribution in [0.5, 0.6) is 0 Å². The van der Waals surface area contributed by atoms with E-state index in [4.69, 9.17) is 0 Å². The van der Waals surface area contributed by atoms with Crippen LogP contribution in [-0.4, -0.2) is 38.7 Å². The van der Waals surface area contributed by atoms with Gasteiger partial charge in [-0.2, -0.15) is 0 Å². The molecule has 4 heterocycles. The highest BCUT2D eigenvalue weighted by Crippen LogP contribution is 2.25. The minimum absolute atomic E-state index is 0.0530. The first kappa shape index (κ1) is 19.9. The fourth-order valence-corrected chi connectivity index (χ4v) is 4.42. The second-order valence-electron chi connectivity index (χ2n) is 8.36. The van der Waals surface area contributed by atoms with Crippen molar-refractivity contribution in [3.05, 3.63) is 35.5 Å². The lowest BCUT2D eigenvalue weighted by molar-refractivity contribution is -0.126. The molecule has 1 N–H and O–H groups in total. The summed E-state index contributed by atoms with van der Waals surface area (Å²) in [6, 6.07) is 4.10. The summed E-state index contributed by atoms with van der Waals surface area (Å²) >= 11 is 0. The molecule has 7 nitrogen and oxygen atoms in total. The molecular formula is C22H32N6O. The van der Waals surface area contributed by atoms with Crippen molar-refractivity contribution in [2.45, 2.75) is 71.4 Å². The quantitative estimate of drug-likeness (QED) is 0.840. The number of hydrogen-bond donors (Lipinski definition) is 1. The maximum atomic E-state index is 13.0. The first-order valence-corrected chi connectivity index (χ1v) is 11.1. The van der Waals surface area contributed by atoms with Gasteiger partial charge in [0.1, 0.15) is 11.6 Å². The maximum absolute atomic E-state index is 13.0. The molecule has 156 valence electrons. The first-order chi connectivity index (χ1) is 14.2. The lowest BCUT2D eigenvalue weighted by atomic mass is 9.95. The number of anilines is 1. The predicted octanol–water partition coefficient (Wildman–Crippen LogP) is 3.19. The minimum atomic E-state index is -0.0568. The molecule has 0 bridgehead atoms. The van der Waals surface area contributed by atoms with Crippen molar-refractivity contribution in [3.63, 3.8) is 0 Å². The number of pyridine rings is 1. The average molecular weight is 397 g/mol. The van der Waals surface area contributed by atoms with Crippen molar-refractivity contribution in [2.24, 2.45) is 5.92 Å². The average Bonchev–Trinajstić information content (AvgIpc) is 3.00. The number of carbonyl (C=O) groups excluding carboxylic acids is 1. The van der Waals surface area contributed by atoms with Gasteiger partial charge in [0.05, 0.1) is 6.04 Å². The van der Waals surface area contributed by atoms with E-state index in [-0.39, 0.29) is 17.9 Å². The topological polar surface area (TPSA) is 75.9 Å². The number of nitrogens with one attached hydrogen (secondary N) is 1. The van der Waals surface area contributed by atoms with E-state index < -0.39 is 0 Å². The largest absolute Gasteiger partial charge is 0.357 e. The molecule has 0 radical (unpaired) electrons. The second-order valence-corrected chi connectivity index (χ2v) is 8.36. The number of hydrogen-bond acceptors (Lipinski definition) is 5. The van der Waals surface area contributed by atoms with E-state index in [1.807, 2.05) is 13.1 Å². The Morgan fingerprint density at radius 3 is 2.72 bits per heavy atom.